The lowest BCUT2D eigenvalue weighted by atomic mass is 9.92. The summed E-state index contributed by atoms with van der Waals surface area (Å²) in [7, 11) is 0. The van der Waals surface area contributed by atoms with Gasteiger partial charge in [0.15, 0.2) is 0 Å². The molecule has 0 saturated carbocycles. The largest absolute Gasteiger partial charge is 0.342 e. The van der Waals surface area contributed by atoms with Gasteiger partial charge in [0.1, 0.15) is 0 Å². The third-order valence-electron chi connectivity index (χ3n) is 6.67. The molecule has 0 unspecified atom stereocenters. The van der Waals surface area contributed by atoms with Crippen molar-refractivity contribution < 1.29 is 4.79 Å². The van der Waals surface area contributed by atoms with Crippen LogP contribution in [0.25, 0.3) is 0 Å². The lowest BCUT2D eigenvalue weighted by Gasteiger charge is -2.43. The Balaban J connectivity index is 1.26. The second-order valence-corrected chi connectivity index (χ2v) is 8.59. The molecule has 5 nitrogen and oxygen atoms in total. The molecular formula is C22H34N4O. The molecule has 1 aromatic heterocycles. The fourth-order valence-corrected chi connectivity index (χ4v) is 5.10. The zero-order valence-electron chi connectivity index (χ0n) is 16.6. The number of rotatable bonds is 4. The number of nitrogens with zero attached hydrogens (tertiary/aromatic N) is 4. The van der Waals surface area contributed by atoms with Gasteiger partial charge < -0.3 is 4.90 Å². The maximum Gasteiger partial charge on any atom is 0.226 e. The highest BCUT2D eigenvalue weighted by Crippen LogP contribution is 2.26. The van der Waals surface area contributed by atoms with Crippen LogP contribution < -0.4 is 0 Å². The van der Waals surface area contributed by atoms with Crippen molar-refractivity contribution in [2.75, 3.05) is 39.3 Å². The van der Waals surface area contributed by atoms with Gasteiger partial charge in [0.05, 0.1) is 5.92 Å². The molecule has 3 saturated heterocycles. The number of hydrogen-bond donors (Lipinski definition) is 0. The van der Waals surface area contributed by atoms with Gasteiger partial charge in [-0.15, -0.1) is 0 Å². The van der Waals surface area contributed by atoms with Gasteiger partial charge in [0, 0.05) is 44.6 Å². The Bertz CT molecular complexity index is 594. The van der Waals surface area contributed by atoms with Gasteiger partial charge in [-0.2, -0.15) is 0 Å². The van der Waals surface area contributed by atoms with Crippen LogP contribution in [0.5, 0.6) is 0 Å². The van der Waals surface area contributed by atoms with Crippen molar-refractivity contribution in [3.63, 3.8) is 0 Å². The van der Waals surface area contributed by atoms with Crippen molar-refractivity contribution in [1.29, 1.82) is 0 Å². The molecule has 4 heterocycles. The summed E-state index contributed by atoms with van der Waals surface area (Å²) in [5, 5.41) is 0. The van der Waals surface area contributed by atoms with Gasteiger partial charge in [-0.3, -0.25) is 19.6 Å². The first-order valence-corrected chi connectivity index (χ1v) is 10.9. The molecule has 0 N–H and O–H groups in total. The smallest absolute Gasteiger partial charge is 0.226 e. The third kappa shape index (κ3) is 4.88. The van der Waals surface area contributed by atoms with E-state index in [1.54, 1.807) is 0 Å². The number of hydrogen-bond acceptors (Lipinski definition) is 4. The number of amides is 1. The summed E-state index contributed by atoms with van der Waals surface area (Å²) in [6.45, 7) is 7.46. The van der Waals surface area contributed by atoms with E-state index >= 15 is 0 Å². The van der Waals surface area contributed by atoms with Crippen LogP contribution in [0.4, 0.5) is 0 Å². The second kappa shape index (κ2) is 9.16. The molecule has 1 atom stereocenters. The van der Waals surface area contributed by atoms with E-state index in [0.717, 1.165) is 45.7 Å². The summed E-state index contributed by atoms with van der Waals surface area (Å²) in [6, 6.07) is 4.85. The maximum atomic E-state index is 12.9. The van der Waals surface area contributed by atoms with Crippen molar-refractivity contribution in [2.45, 2.75) is 57.5 Å². The van der Waals surface area contributed by atoms with Gasteiger partial charge in [-0.05, 0) is 76.2 Å². The molecule has 5 heteroatoms. The molecule has 3 aliphatic heterocycles. The lowest BCUT2D eigenvalue weighted by molar-refractivity contribution is -0.138. The molecule has 1 amide bonds. The Morgan fingerprint density at radius 1 is 1.00 bits per heavy atom. The molecule has 3 aliphatic rings. The minimum absolute atomic E-state index is 0.241. The standard InChI is InChI=1S/C22H34N4O/c27-22(25-11-2-1-3-12-25)20-7-5-13-26(18-20)21-8-14-24(15-9-21)17-19-6-4-10-23-16-19/h4,6,10,16,20-21H,1-3,5,7-9,11-15,17-18H2/t20-/m0/s1. The molecule has 0 bridgehead atoms. The topological polar surface area (TPSA) is 39.7 Å². The monoisotopic (exact) mass is 370 g/mol. The number of likely N-dealkylation sites (tertiary alicyclic amines) is 3. The minimum atomic E-state index is 0.241. The van der Waals surface area contributed by atoms with E-state index < -0.39 is 0 Å². The Labute approximate surface area is 163 Å². The summed E-state index contributed by atoms with van der Waals surface area (Å²) in [4.78, 5) is 24.5. The highest BCUT2D eigenvalue weighted by atomic mass is 16.2. The highest BCUT2D eigenvalue weighted by molar-refractivity contribution is 5.79. The van der Waals surface area contributed by atoms with E-state index in [-0.39, 0.29) is 5.92 Å². The first-order valence-electron chi connectivity index (χ1n) is 10.9. The fourth-order valence-electron chi connectivity index (χ4n) is 5.10. The van der Waals surface area contributed by atoms with Crippen molar-refractivity contribution >= 4 is 5.91 Å². The van der Waals surface area contributed by atoms with E-state index in [9.17, 15) is 4.79 Å². The molecular weight excluding hydrogens is 336 g/mol. The predicted molar refractivity (Wildman–Crippen MR) is 107 cm³/mol. The number of pyridine rings is 1. The predicted octanol–water partition coefficient (Wildman–Crippen LogP) is 2.77. The van der Waals surface area contributed by atoms with Crippen LogP contribution in [0.2, 0.25) is 0 Å². The normalized spacial score (nSPS) is 26.2. The number of carbonyl (C=O) groups is 1. The number of aromatic nitrogens is 1. The summed E-state index contributed by atoms with van der Waals surface area (Å²) >= 11 is 0. The molecule has 0 spiro atoms. The lowest BCUT2D eigenvalue weighted by Crippen LogP contribution is -2.51. The zero-order valence-corrected chi connectivity index (χ0v) is 16.6. The minimum Gasteiger partial charge on any atom is -0.342 e. The molecule has 0 aliphatic carbocycles. The van der Waals surface area contributed by atoms with Crippen LogP contribution in [0.1, 0.15) is 50.5 Å². The molecule has 1 aromatic rings. The van der Waals surface area contributed by atoms with Gasteiger partial charge in [-0.1, -0.05) is 6.07 Å². The van der Waals surface area contributed by atoms with Crippen molar-refractivity contribution in [2.24, 2.45) is 5.92 Å². The Kier molecular flexibility index (Phi) is 6.40. The quantitative estimate of drug-likeness (QED) is 0.817. The van der Waals surface area contributed by atoms with Crippen LogP contribution in [0, 0.1) is 5.92 Å². The van der Waals surface area contributed by atoms with Crippen LogP contribution in [0.15, 0.2) is 24.5 Å². The Morgan fingerprint density at radius 3 is 2.56 bits per heavy atom. The number of carbonyl (C=O) groups excluding carboxylic acids is 1. The van der Waals surface area contributed by atoms with Crippen molar-refractivity contribution in [3.05, 3.63) is 30.1 Å². The summed E-state index contributed by atoms with van der Waals surface area (Å²) in [6.07, 6.45) is 12.2. The number of piperidine rings is 3. The van der Waals surface area contributed by atoms with Gasteiger partial charge >= 0.3 is 0 Å². The Hall–Kier alpha value is -1.46. The van der Waals surface area contributed by atoms with Gasteiger partial charge in [0.25, 0.3) is 0 Å². The molecule has 0 radical (unpaired) electrons. The average molecular weight is 371 g/mol. The molecule has 0 aromatic carbocycles. The van der Waals surface area contributed by atoms with E-state index in [0.29, 0.717) is 11.9 Å². The molecule has 3 fully saturated rings. The van der Waals surface area contributed by atoms with Crippen LogP contribution >= 0.6 is 0 Å². The Morgan fingerprint density at radius 2 is 1.81 bits per heavy atom. The third-order valence-corrected chi connectivity index (χ3v) is 6.67. The first-order chi connectivity index (χ1) is 13.3. The SMILES string of the molecule is O=C([C@H]1CCCN(C2CCN(Cc3cccnc3)CC2)C1)N1CCCCC1. The van der Waals surface area contributed by atoms with E-state index in [2.05, 4.69) is 25.8 Å². The second-order valence-electron chi connectivity index (χ2n) is 8.59. The van der Waals surface area contributed by atoms with E-state index in [1.165, 1.54) is 50.6 Å². The first kappa shape index (κ1) is 18.9. The van der Waals surface area contributed by atoms with Crippen LogP contribution in [-0.4, -0.2) is 70.9 Å². The van der Waals surface area contributed by atoms with E-state index in [4.69, 9.17) is 0 Å². The summed E-state index contributed by atoms with van der Waals surface area (Å²) < 4.78 is 0. The van der Waals surface area contributed by atoms with Crippen LogP contribution in [0.3, 0.4) is 0 Å². The molecule has 4 rings (SSSR count). The van der Waals surface area contributed by atoms with Gasteiger partial charge in [-0.25, -0.2) is 0 Å². The zero-order chi connectivity index (χ0) is 18.5. The molecule has 27 heavy (non-hydrogen) atoms. The van der Waals surface area contributed by atoms with Gasteiger partial charge in [0.2, 0.25) is 5.91 Å². The van der Waals surface area contributed by atoms with Crippen molar-refractivity contribution in [1.82, 2.24) is 19.7 Å². The van der Waals surface area contributed by atoms with E-state index in [1.807, 2.05) is 18.5 Å². The molecule has 148 valence electrons. The maximum absolute atomic E-state index is 12.9. The summed E-state index contributed by atoms with van der Waals surface area (Å²) in [5.41, 5.74) is 1.31. The fraction of sp³-hybridized carbons (Fsp3) is 0.727. The average Bonchev–Trinajstić information content (AvgIpc) is 2.75. The highest BCUT2D eigenvalue weighted by Gasteiger charge is 2.33. The van der Waals surface area contributed by atoms with Crippen molar-refractivity contribution in [3.8, 4) is 0 Å². The summed E-state index contributed by atoms with van der Waals surface area (Å²) in [5.74, 6) is 0.679. The van der Waals surface area contributed by atoms with Crippen LogP contribution in [-0.2, 0) is 11.3 Å².